The maximum atomic E-state index is 12.1. The first-order valence-corrected chi connectivity index (χ1v) is 6.83. The highest BCUT2D eigenvalue weighted by atomic mass is 16.1. The molecule has 3 heteroatoms. The van der Waals surface area contributed by atoms with Crippen LogP contribution in [0.2, 0.25) is 0 Å². The average Bonchev–Trinajstić information content (AvgIpc) is 2.39. The number of nitrogens with two attached hydrogens (primary N) is 1. The molecule has 0 bridgehead atoms. The van der Waals surface area contributed by atoms with E-state index in [4.69, 9.17) is 5.73 Å². The largest absolute Gasteiger partial charge is 0.399 e. The monoisotopic (exact) mass is 246 g/mol. The SMILES string of the molecule is CC(NC(=O)c1cccc(N)c1)C1CCCCC1. The number of amides is 1. The molecule has 18 heavy (non-hydrogen) atoms. The maximum absolute atomic E-state index is 12.1. The number of benzene rings is 1. The van der Waals surface area contributed by atoms with Gasteiger partial charge in [-0.05, 0) is 43.9 Å². The molecule has 1 aromatic carbocycles. The zero-order valence-electron chi connectivity index (χ0n) is 11.0. The van der Waals surface area contributed by atoms with Crippen LogP contribution in [0.5, 0.6) is 0 Å². The molecule has 1 aromatic rings. The van der Waals surface area contributed by atoms with Crippen LogP contribution in [0.3, 0.4) is 0 Å². The molecule has 1 atom stereocenters. The number of anilines is 1. The van der Waals surface area contributed by atoms with E-state index in [-0.39, 0.29) is 11.9 Å². The van der Waals surface area contributed by atoms with Crippen LogP contribution in [0.25, 0.3) is 0 Å². The first-order chi connectivity index (χ1) is 8.66. The smallest absolute Gasteiger partial charge is 0.251 e. The van der Waals surface area contributed by atoms with E-state index in [1.165, 1.54) is 32.1 Å². The van der Waals surface area contributed by atoms with Crippen LogP contribution >= 0.6 is 0 Å². The van der Waals surface area contributed by atoms with E-state index >= 15 is 0 Å². The quantitative estimate of drug-likeness (QED) is 0.806. The Morgan fingerprint density at radius 1 is 1.33 bits per heavy atom. The standard InChI is InChI=1S/C15H22N2O/c1-11(12-6-3-2-4-7-12)17-15(18)13-8-5-9-14(16)10-13/h5,8-12H,2-4,6-7,16H2,1H3,(H,17,18). The highest BCUT2D eigenvalue weighted by Gasteiger charge is 2.21. The second-order valence-electron chi connectivity index (χ2n) is 5.29. The van der Waals surface area contributed by atoms with E-state index in [9.17, 15) is 4.79 Å². The predicted molar refractivity (Wildman–Crippen MR) is 74.4 cm³/mol. The Morgan fingerprint density at radius 2 is 2.06 bits per heavy atom. The maximum Gasteiger partial charge on any atom is 0.251 e. The molecule has 0 aliphatic heterocycles. The van der Waals surface area contributed by atoms with Gasteiger partial charge in [0, 0.05) is 17.3 Å². The number of carbonyl (C=O) groups is 1. The van der Waals surface area contributed by atoms with E-state index in [2.05, 4.69) is 12.2 Å². The third-order valence-corrected chi connectivity index (χ3v) is 3.86. The molecule has 1 unspecified atom stereocenters. The van der Waals surface area contributed by atoms with Crippen molar-refractivity contribution in [3.05, 3.63) is 29.8 Å². The van der Waals surface area contributed by atoms with Gasteiger partial charge in [0.15, 0.2) is 0 Å². The topological polar surface area (TPSA) is 55.1 Å². The first-order valence-electron chi connectivity index (χ1n) is 6.83. The Morgan fingerprint density at radius 3 is 2.72 bits per heavy atom. The van der Waals surface area contributed by atoms with Gasteiger partial charge < -0.3 is 11.1 Å². The minimum atomic E-state index is -0.0135. The van der Waals surface area contributed by atoms with Crippen molar-refractivity contribution in [1.29, 1.82) is 0 Å². The molecule has 3 nitrogen and oxygen atoms in total. The number of nitrogens with one attached hydrogen (secondary N) is 1. The Balaban J connectivity index is 1.94. The molecule has 1 fully saturated rings. The number of carbonyl (C=O) groups excluding carboxylic acids is 1. The van der Waals surface area contributed by atoms with Crippen molar-refractivity contribution in [3.8, 4) is 0 Å². The summed E-state index contributed by atoms with van der Waals surface area (Å²) in [5.74, 6) is 0.615. The van der Waals surface area contributed by atoms with Crippen LogP contribution in [0, 0.1) is 5.92 Å². The van der Waals surface area contributed by atoms with E-state index in [1.54, 1.807) is 18.2 Å². The van der Waals surface area contributed by atoms with Crippen molar-refractivity contribution in [2.75, 3.05) is 5.73 Å². The van der Waals surface area contributed by atoms with E-state index in [0.29, 0.717) is 17.2 Å². The van der Waals surface area contributed by atoms with Crippen molar-refractivity contribution in [2.24, 2.45) is 5.92 Å². The summed E-state index contributed by atoms with van der Waals surface area (Å²) in [4.78, 5) is 12.1. The Kier molecular flexibility index (Phi) is 4.24. The highest BCUT2D eigenvalue weighted by Crippen LogP contribution is 2.26. The summed E-state index contributed by atoms with van der Waals surface area (Å²) in [5.41, 5.74) is 6.97. The third-order valence-electron chi connectivity index (χ3n) is 3.86. The number of nitrogen functional groups attached to an aromatic ring is 1. The molecule has 1 aliphatic rings. The lowest BCUT2D eigenvalue weighted by molar-refractivity contribution is 0.0919. The van der Waals surface area contributed by atoms with Gasteiger partial charge in [-0.15, -0.1) is 0 Å². The van der Waals surface area contributed by atoms with Crippen molar-refractivity contribution < 1.29 is 4.79 Å². The lowest BCUT2D eigenvalue weighted by atomic mass is 9.84. The molecule has 0 radical (unpaired) electrons. The summed E-state index contributed by atoms with van der Waals surface area (Å²) in [5, 5.41) is 3.10. The summed E-state index contributed by atoms with van der Waals surface area (Å²) < 4.78 is 0. The lowest BCUT2D eigenvalue weighted by Gasteiger charge is -2.28. The van der Waals surface area contributed by atoms with Crippen LogP contribution < -0.4 is 11.1 Å². The summed E-state index contributed by atoms with van der Waals surface area (Å²) in [6.07, 6.45) is 6.40. The molecular weight excluding hydrogens is 224 g/mol. The summed E-state index contributed by atoms with van der Waals surface area (Å²) in [7, 11) is 0. The summed E-state index contributed by atoms with van der Waals surface area (Å²) in [6.45, 7) is 2.11. The molecule has 0 spiro atoms. The van der Waals surface area contributed by atoms with Gasteiger partial charge in [0.1, 0.15) is 0 Å². The van der Waals surface area contributed by atoms with Crippen LogP contribution in [0.15, 0.2) is 24.3 Å². The average molecular weight is 246 g/mol. The van der Waals surface area contributed by atoms with Gasteiger partial charge in [-0.3, -0.25) is 4.79 Å². The van der Waals surface area contributed by atoms with E-state index in [0.717, 1.165) is 0 Å². The molecule has 1 amide bonds. The Hall–Kier alpha value is -1.51. The molecule has 0 heterocycles. The Labute approximate surface area is 109 Å². The first kappa shape index (κ1) is 12.9. The molecule has 0 aromatic heterocycles. The molecule has 2 rings (SSSR count). The second kappa shape index (κ2) is 5.89. The zero-order valence-corrected chi connectivity index (χ0v) is 11.0. The Bertz CT molecular complexity index is 411. The molecule has 1 saturated carbocycles. The van der Waals surface area contributed by atoms with Crippen molar-refractivity contribution in [3.63, 3.8) is 0 Å². The minimum absolute atomic E-state index is 0.0135. The lowest BCUT2D eigenvalue weighted by Crippen LogP contribution is -2.38. The van der Waals surface area contributed by atoms with Crippen LogP contribution in [0.4, 0.5) is 5.69 Å². The van der Waals surface area contributed by atoms with Gasteiger partial charge in [-0.2, -0.15) is 0 Å². The van der Waals surface area contributed by atoms with E-state index in [1.807, 2.05) is 6.07 Å². The zero-order chi connectivity index (χ0) is 13.0. The second-order valence-corrected chi connectivity index (χ2v) is 5.29. The van der Waals surface area contributed by atoms with Gasteiger partial charge >= 0.3 is 0 Å². The van der Waals surface area contributed by atoms with Gasteiger partial charge in [0.25, 0.3) is 5.91 Å². The van der Waals surface area contributed by atoms with Crippen LogP contribution in [-0.4, -0.2) is 11.9 Å². The molecule has 1 aliphatic carbocycles. The van der Waals surface area contributed by atoms with Crippen molar-refractivity contribution in [1.82, 2.24) is 5.32 Å². The molecule has 98 valence electrons. The highest BCUT2D eigenvalue weighted by molar-refractivity contribution is 5.95. The number of rotatable bonds is 3. The fraction of sp³-hybridized carbons (Fsp3) is 0.533. The summed E-state index contributed by atoms with van der Waals surface area (Å²) >= 11 is 0. The van der Waals surface area contributed by atoms with Crippen molar-refractivity contribution >= 4 is 11.6 Å². The fourth-order valence-electron chi connectivity index (χ4n) is 2.72. The number of hydrogen-bond donors (Lipinski definition) is 2. The number of hydrogen-bond acceptors (Lipinski definition) is 2. The van der Waals surface area contributed by atoms with Gasteiger partial charge in [-0.1, -0.05) is 25.3 Å². The van der Waals surface area contributed by atoms with Gasteiger partial charge in [-0.25, -0.2) is 0 Å². The van der Waals surface area contributed by atoms with Crippen LogP contribution in [-0.2, 0) is 0 Å². The van der Waals surface area contributed by atoms with Gasteiger partial charge in [0.2, 0.25) is 0 Å². The minimum Gasteiger partial charge on any atom is -0.399 e. The molecule has 0 saturated heterocycles. The van der Waals surface area contributed by atoms with E-state index < -0.39 is 0 Å². The van der Waals surface area contributed by atoms with Crippen molar-refractivity contribution in [2.45, 2.75) is 45.1 Å². The molecule has 3 N–H and O–H groups in total. The normalized spacial score (nSPS) is 18.3. The molecular formula is C15H22N2O. The van der Waals surface area contributed by atoms with Gasteiger partial charge in [0.05, 0.1) is 0 Å². The van der Waals surface area contributed by atoms with Crippen LogP contribution in [0.1, 0.15) is 49.4 Å². The fourth-order valence-corrected chi connectivity index (χ4v) is 2.72. The summed E-state index contributed by atoms with van der Waals surface area (Å²) in [6, 6.07) is 7.39. The third kappa shape index (κ3) is 3.25. The predicted octanol–water partition coefficient (Wildman–Crippen LogP) is 2.97.